The van der Waals surface area contributed by atoms with Gasteiger partial charge in [0, 0.05) is 24.7 Å². The number of rotatable bonds is 2. The van der Waals surface area contributed by atoms with Gasteiger partial charge in [-0.1, -0.05) is 12.1 Å². The zero-order chi connectivity index (χ0) is 13.5. The van der Waals surface area contributed by atoms with Crippen molar-refractivity contribution in [1.29, 1.82) is 0 Å². The van der Waals surface area contributed by atoms with E-state index < -0.39 is 0 Å². The van der Waals surface area contributed by atoms with Crippen LogP contribution in [0.4, 0.5) is 4.39 Å². The average Bonchev–Trinajstić information content (AvgIpc) is 2.85. The molecular weight excluding hydrogens is 239 g/mol. The Hall–Kier alpha value is -0.930. The van der Waals surface area contributed by atoms with Crippen LogP contribution in [0.3, 0.4) is 0 Å². The van der Waals surface area contributed by atoms with Crippen LogP contribution in [0.15, 0.2) is 18.2 Å². The van der Waals surface area contributed by atoms with Gasteiger partial charge in [0.15, 0.2) is 0 Å². The maximum atomic E-state index is 13.8. The van der Waals surface area contributed by atoms with Gasteiger partial charge in [0.1, 0.15) is 5.82 Å². The molecule has 0 radical (unpaired) electrons. The monoisotopic (exact) mass is 262 g/mol. The molecule has 0 aromatic heterocycles. The third-order valence-electron chi connectivity index (χ3n) is 5.13. The van der Waals surface area contributed by atoms with Gasteiger partial charge in [-0.2, -0.15) is 0 Å². The quantitative estimate of drug-likeness (QED) is 0.881. The Balaban J connectivity index is 1.75. The van der Waals surface area contributed by atoms with E-state index >= 15 is 0 Å². The molecule has 0 amide bonds. The van der Waals surface area contributed by atoms with E-state index in [1.807, 2.05) is 6.07 Å². The van der Waals surface area contributed by atoms with E-state index in [1.165, 1.54) is 18.4 Å². The van der Waals surface area contributed by atoms with Crippen LogP contribution < -0.4 is 5.32 Å². The van der Waals surface area contributed by atoms with Crippen LogP contribution in [0.5, 0.6) is 0 Å². The zero-order valence-corrected chi connectivity index (χ0v) is 11.9. The summed E-state index contributed by atoms with van der Waals surface area (Å²) < 4.78 is 13.8. The predicted molar refractivity (Wildman–Crippen MR) is 75.7 cm³/mol. The highest BCUT2D eigenvalue weighted by Crippen LogP contribution is 2.39. The van der Waals surface area contributed by atoms with Gasteiger partial charge in [-0.05, 0) is 56.8 Å². The second kappa shape index (κ2) is 4.88. The minimum Gasteiger partial charge on any atom is -0.314 e. The summed E-state index contributed by atoms with van der Waals surface area (Å²) in [4.78, 5) is 2.55. The fourth-order valence-electron chi connectivity index (χ4n) is 3.55. The van der Waals surface area contributed by atoms with Gasteiger partial charge in [0.25, 0.3) is 0 Å². The Morgan fingerprint density at radius 2 is 2.05 bits per heavy atom. The number of fused-ring (bicyclic) bond motifs is 1. The van der Waals surface area contributed by atoms with E-state index in [4.69, 9.17) is 0 Å². The number of likely N-dealkylation sites (tertiary alicyclic amines) is 1. The molecule has 0 spiro atoms. The summed E-state index contributed by atoms with van der Waals surface area (Å²) in [6.07, 6.45) is 4.31. The van der Waals surface area contributed by atoms with Gasteiger partial charge in [0.2, 0.25) is 0 Å². The molecule has 1 aromatic carbocycles. The lowest BCUT2D eigenvalue weighted by molar-refractivity contribution is 0.110. The summed E-state index contributed by atoms with van der Waals surface area (Å²) in [6.45, 7) is 4.52. The van der Waals surface area contributed by atoms with Crippen molar-refractivity contribution in [3.8, 4) is 0 Å². The van der Waals surface area contributed by atoms with Crippen LogP contribution in [0.2, 0.25) is 0 Å². The van der Waals surface area contributed by atoms with Crippen molar-refractivity contribution in [1.82, 2.24) is 10.2 Å². The Labute approximate surface area is 115 Å². The van der Waals surface area contributed by atoms with Crippen LogP contribution in [0.25, 0.3) is 0 Å². The molecule has 1 aliphatic carbocycles. The summed E-state index contributed by atoms with van der Waals surface area (Å²) >= 11 is 0. The molecule has 1 fully saturated rings. The molecule has 104 valence electrons. The molecule has 19 heavy (non-hydrogen) atoms. The summed E-state index contributed by atoms with van der Waals surface area (Å²) in [5.74, 6) is -0.0166. The second-order valence-corrected chi connectivity index (χ2v) is 6.21. The van der Waals surface area contributed by atoms with Gasteiger partial charge < -0.3 is 5.32 Å². The predicted octanol–water partition coefficient (Wildman–Crippen LogP) is 2.89. The van der Waals surface area contributed by atoms with Crippen molar-refractivity contribution < 1.29 is 4.39 Å². The molecule has 3 rings (SSSR count). The highest BCUT2D eigenvalue weighted by atomic mass is 19.1. The van der Waals surface area contributed by atoms with Crippen LogP contribution in [-0.4, -0.2) is 30.6 Å². The Morgan fingerprint density at radius 1 is 1.32 bits per heavy atom. The largest absolute Gasteiger partial charge is 0.314 e. The van der Waals surface area contributed by atoms with Crippen molar-refractivity contribution in [3.63, 3.8) is 0 Å². The molecule has 0 bridgehead atoms. The number of halogens is 1. The first-order chi connectivity index (χ1) is 9.13. The Kier molecular flexibility index (Phi) is 3.35. The number of benzene rings is 1. The molecule has 1 heterocycles. The van der Waals surface area contributed by atoms with E-state index in [2.05, 4.69) is 30.3 Å². The van der Waals surface area contributed by atoms with Gasteiger partial charge in [0.05, 0.1) is 0 Å². The topological polar surface area (TPSA) is 15.3 Å². The first kappa shape index (κ1) is 13.1. The standard InChI is InChI=1S/C16H23FN2/c1-16(18-2)8-10-19(11-9-16)15-7-6-12-13(15)4-3-5-14(12)17/h3-5,15,18H,6-11H2,1-2H3. The van der Waals surface area contributed by atoms with Crippen molar-refractivity contribution in [2.24, 2.45) is 0 Å². The molecule has 1 saturated heterocycles. The van der Waals surface area contributed by atoms with Gasteiger partial charge in [-0.15, -0.1) is 0 Å². The maximum Gasteiger partial charge on any atom is 0.126 e. The normalized spacial score (nSPS) is 26.4. The van der Waals surface area contributed by atoms with E-state index in [0.717, 1.165) is 31.5 Å². The maximum absolute atomic E-state index is 13.8. The van der Waals surface area contributed by atoms with Gasteiger partial charge >= 0.3 is 0 Å². The number of nitrogens with zero attached hydrogens (tertiary/aromatic N) is 1. The number of piperidine rings is 1. The smallest absolute Gasteiger partial charge is 0.126 e. The first-order valence-corrected chi connectivity index (χ1v) is 7.33. The molecule has 1 atom stereocenters. The lowest BCUT2D eigenvalue weighted by atomic mass is 9.88. The van der Waals surface area contributed by atoms with Crippen LogP contribution >= 0.6 is 0 Å². The fourth-order valence-corrected chi connectivity index (χ4v) is 3.55. The summed E-state index contributed by atoms with van der Waals surface area (Å²) in [6, 6.07) is 6.00. The SMILES string of the molecule is CNC1(C)CCN(C2CCc3c(F)cccc32)CC1. The highest BCUT2D eigenvalue weighted by Gasteiger charge is 2.35. The van der Waals surface area contributed by atoms with Gasteiger partial charge in [-0.25, -0.2) is 4.39 Å². The summed E-state index contributed by atoms with van der Waals surface area (Å²) in [5, 5.41) is 3.43. The van der Waals surface area contributed by atoms with Gasteiger partial charge in [-0.3, -0.25) is 4.90 Å². The zero-order valence-electron chi connectivity index (χ0n) is 11.9. The van der Waals surface area contributed by atoms with E-state index in [9.17, 15) is 4.39 Å². The molecule has 3 heteroatoms. The average molecular weight is 262 g/mol. The molecule has 2 nitrogen and oxygen atoms in total. The molecule has 2 aliphatic rings. The lowest BCUT2D eigenvalue weighted by Crippen LogP contribution is -2.50. The molecule has 0 saturated carbocycles. The molecular formula is C16H23FN2. The van der Waals surface area contributed by atoms with E-state index in [-0.39, 0.29) is 11.4 Å². The molecule has 1 unspecified atom stereocenters. The number of hydrogen-bond acceptors (Lipinski definition) is 2. The van der Waals surface area contributed by atoms with E-state index in [0.29, 0.717) is 6.04 Å². The van der Waals surface area contributed by atoms with Crippen molar-refractivity contribution in [3.05, 3.63) is 35.1 Å². The number of hydrogen-bond donors (Lipinski definition) is 1. The Bertz CT molecular complexity index is 464. The number of nitrogens with one attached hydrogen (secondary N) is 1. The highest BCUT2D eigenvalue weighted by molar-refractivity contribution is 5.35. The Morgan fingerprint density at radius 3 is 2.74 bits per heavy atom. The third kappa shape index (κ3) is 2.30. The van der Waals surface area contributed by atoms with E-state index in [1.54, 1.807) is 6.07 Å². The third-order valence-corrected chi connectivity index (χ3v) is 5.13. The molecule has 1 aromatic rings. The van der Waals surface area contributed by atoms with Crippen molar-refractivity contribution in [2.45, 2.75) is 44.2 Å². The molecule has 1 N–H and O–H groups in total. The van der Waals surface area contributed by atoms with Crippen LogP contribution in [0.1, 0.15) is 43.4 Å². The second-order valence-electron chi connectivity index (χ2n) is 6.21. The summed E-state index contributed by atoms with van der Waals surface area (Å²) in [7, 11) is 2.05. The minimum absolute atomic E-state index is 0.0166. The minimum atomic E-state index is -0.0166. The van der Waals surface area contributed by atoms with Crippen LogP contribution in [-0.2, 0) is 6.42 Å². The first-order valence-electron chi connectivity index (χ1n) is 7.33. The summed E-state index contributed by atoms with van der Waals surface area (Å²) in [5.41, 5.74) is 2.46. The lowest BCUT2D eigenvalue weighted by Gasteiger charge is -2.42. The molecule has 1 aliphatic heterocycles. The fraction of sp³-hybridized carbons (Fsp3) is 0.625. The van der Waals surface area contributed by atoms with Crippen molar-refractivity contribution >= 4 is 0 Å². The van der Waals surface area contributed by atoms with Crippen molar-refractivity contribution in [2.75, 3.05) is 20.1 Å². The van der Waals surface area contributed by atoms with Crippen LogP contribution in [0, 0.1) is 5.82 Å².